The van der Waals surface area contributed by atoms with E-state index in [-0.39, 0.29) is 22.7 Å². The van der Waals surface area contributed by atoms with Crippen molar-refractivity contribution in [3.63, 3.8) is 0 Å². The zero-order chi connectivity index (χ0) is 22.2. The van der Waals surface area contributed by atoms with E-state index in [1.54, 1.807) is 42.5 Å². The van der Waals surface area contributed by atoms with Crippen LogP contribution in [0.5, 0.6) is 0 Å². The van der Waals surface area contributed by atoms with Crippen molar-refractivity contribution in [1.29, 1.82) is 0 Å². The maximum Gasteiger partial charge on any atom is 0.264 e. The third-order valence-corrected chi connectivity index (χ3v) is 7.39. The van der Waals surface area contributed by atoms with E-state index in [0.717, 1.165) is 11.1 Å². The first kappa shape index (κ1) is 21.3. The molecule has 1 aliphatic rings. The largest absolute Gasteiger partial charge is 0.346 e. The first-order chi connectivity index (χ1) is 14.8. The van der Waals surface area contributed by atoms with Crippen LogP contribution in [0.4, 0.5) is 10.1 Å². The lowest BCUT2D eigenvalue weighted by atomic mass is 10.1. The molecule has 0 saturated heterocycles. The van der Waals surface area contributed by atoms with Crippen LogP contribution in [0.25, 0.3) is 0 Å². The highest BCUT2D eigenvalue weighted by Gasteiger charge is 2.31. The van der Waals surface area contributed by atoms with Crippen molar-refractivity contribution < 1.29 is 17.6 Å². The Balaban J connectivity index is 1.53. The number of hydrogen-bond donors (Lipinski definition) is 1. The van der Waals surface area contributed by atoms with E-state index in [1.807, 2.05) is 6.92 Å². The Kier molecular flexibility index (Phi) is 5.73. The third kappa shape index (κ3) is 4.29. The van der Waals surface area contributed by atoms with Gasteiger partial charge in [-0.15, -0.1) is 0 Å². The van der Waals surface area contributed by atoms with E-state index in [1.165, 1.54) is 28.6 Å². The number of carbonyl (C=O) groups is 1. The number of amides is 1. The Labute approximate surface area is 185 Å². The van der Waals surface area contributed by atoms with Gasteiger partial charge in [0.15, 0.2) is 0 Å². The zero-order valence-corrected chi connectivity index (χ0v) is 18.3. The Hall–Kier alpha value is -2.90. The predicted molar refractivity (Wildman–Crippen MR) is 118 cm³/mol. The van der Waals surface area contributed by atoms with Crippen LogP contribution >= 0.6 is 11.6 Å². The van der Waals surface area contributed by atoms with Gasteiger partial charge in [-0.2, -0.15) is 0 Å². The van der Waals surface area contributed by atoms with Gasteiger partial charge in [0.05, 0.1) is 16.6 Å². The molecule has 0 aliphatic carbocycles. The van der Waals surface area contributed by atoms with Gasteiger partial charge in [0.2, 0.25) is 0 Å². The summed E-state index contributed by atoms with van der Waals surface area (Å²) in [5, 5.41) is 3.35. The zero-order valence-electron chi connectivity index (χ0n) is 16.7. The molecular formula is C23H20ClFN2O3S. The number of anilines is 1. The fourth-order valence-electron chi connectivity index (χ4n) is 3.61. The van der Waals surface area contributed by atoms with Crippen LogP contribution in [0.15, 0.2) is 71.6 Å². The average molecular weight is 459 g/mol. The van der Waals surface area contributed by atoms with Gasteiger partial charge in [-0.3, -0.25) is 9.10 Å². The highest BCUT2D eigenvalue weighted by Crippen LogP contribution is 2.34. The molecule has 0 radical (unpaired) electrons. The first-order valence-electron chi connectivity index (χ1n) is 9.73. The Morgan fingerprint density at radius 1 is 1.06 bits per heavy atom. The molecule has 3 aromatic carbocycles. The van der Waals surface area contributed by atoms with Crippen LogP contribution in [-0.2, 0) is 16.4 Å². The molecule has 1 N–H and O–H groups in total. The Morgan fingerprint density at radius 2 is 1.74 bits per heavy atom. The number of fused-ring (bicyclic) bond motifs is 1. The van der Waals surface area contributed by atoms with E-state index >= 15 is 0 Å². The molecule has 1 atom stereocenters. The van der Waals surface area contributed by atoms with E-state index in [0.29, 0.717) is 29.2 Å². The summed E-state index contributed by atoms with van der Waals surface area (Å²) in [6.07, 6.45) is 0.511. The van der Waals surface area contributed by atoms with Gasteiger partial charge < -0.3 is 5.32 Å². The monoisotopic (exact) mass is 458 g/mol. The van der Waals surface area contributed by atoms with Gasteiger partial charge in [-0.1, -0.05) is 23.7 Å². The number of nitrogens with zero attached hydrogens (tertiary/aromatic N) is 1. The van der Waals surface area contributed by atoms with Crippen LogP contribution in [0.1, 0.15) is 34.5 Å². The van der Waals surface area contributed by atoms with E-state index in [2.05, 4.69) is 5.32 Å². The van der Waals surface area contributed by atoms with Crippen molar-refractivity contribution >= 4 is 33.2 Å². The van der Waals surface area contributed by atoms with E-state index < -0.39 is 10.0 Å². The molecule has 1 heterocycles. The Bertz CT molecular complexity index is 1230. The summed E-state index contributed by atoms with van der Waals surface area (Å²) < 4.78 is 40.5. The van der Waals surface area contributed by atoms with Crippen LogP contribution < -0.4 is 9.62 Å². The second-order valence-electron chi connectivity index (χ2n) is 7.37. The molecule has 3 aromatic rings. The van der Waals surface area contributed by atoms with Crippen LogP contribution in [0.3, 0.4) is 0 Å². The number of benzene rings is 3. The van der Waals surface area contributed by atoms with Gasteiger partial charge in [-0.25, -0.2) is 12.8 Å². The number of rotatable bonds is 5. The van der Waals surface area contributed by atoms with Crippen LogP contribution in [0, 0.1) is 5.82 Å². The summed E-state index contributed by atoms with van der Waals surface area (Å²) in [5.41, 5.74) is 2.59. The summed E-state index contributed by atoms with van der Waals surface area (Å²) in [5.74, 6) is -0.613. The first-order valence-corrected chi connectivity index (χ1v) is 11.5. The molecule has 0 fully saturated rings. The van der Waals surface area contributed by atoms with E-state index in [4.69, 9.17) is 11.6 Å². The molecule has 160 valence electrons. The smallest absolute Gasteiger partial charge is 0.264 e. The lowest BCUT2D eigenvalue weighted by Crippen LogP contribution is -2.29. The molecular weight excluding hydrogens is 439 g/mol. The summed E-state index contributed by atoms with van der Waals surface area (Å²) in [6, 6.07) is 16.7. The van der Waals surface area contributed by atoms with Crippen LogP contribution in [-0.4, -0.2) is 20.9 Å². The maximum atomic E-state index is 13.1. The minimum atomic E-state index is -3.72. The number of hydrogen-bond acceptors (Lipinski definition) is 3. The Morgan fingerprint density at radius 3 is 2.42 bits per heavy atom. The van der Waals surface area contributed by atoms with E-state index in [9.17, 15) is 17.6 Å². The summed E-state index contributed by atoms with van der Waals surface area (Å²) >= 11 is 5.87. The molecule has 8 heteroatoms. The topological polar surface area (TPSA) is 66.5 Å². The number of sulfonamides is 1. The molecule has 4 rings (SSSR count). The fraction of sp³-hybridized carbons (Fsp3) is 0.174. The number of nitrogens with one attached hydrogen (secondary N) is 1. The van der Waals surface area contributed by atoms with Gasteiger partial charge in [0.25, 0.3) is 15.9 Å². The minimum Gasteiger partial charge on any atom is -0.346 e. The van der Waals surface area contributed by atoms with Crippen molar-refractivity contribution in [3.05, 3.63) is 94.3 Å². The van der Waals surface area contributed by atoms with Crippen LogP contribution in [0.2, 0.25) is 5.02 Å². The number of carbonyl (C=O) groups excluding carboxylic acids is 1. The standard InChI is InChI=1S/C23H20ClFN2O3S/c1-15(16-2-7-20(25)8-3-16)26-23(28)18-4-11-22-17(14-18)12-13-27(22)31(29,30)21-9-5-19(24)6-10-21/h2-11,14-15H,12-13H2,1H3,(H,26,28)/t15-/m1/s1. The predicted octanol–water partition coefficient (Wildman–Crippen LogP) is 4.72. The highest BCUT2D eigenvalue weighted by molar-refractivity contribution is 7.92. The van der Waals surface area contributed by atoms with Crippen molar-refractivity contribution in [1.82, 2.24) is 5.32 Å². The molecule has 0 aromatic heterocycles. The second kappa shape index (κ2) is 8.32. The molecule has 0 unspecified atom stereocenters. The normalized spacial score (nSPS) is 14.2. The molecule has 5 nitrogen and oxygen atoms in total. The molecule has 0 bridgehead atoms. The molecule has 31 heavy (non-hydrogen) atoms. The lowest BCUT2D eigenvalue weighted by molar-refractivity contribution is 0.0940. The molecule has 1 aliphatic heterocycles. The van der Waals surface area contributed by atoms with Gasteiger partial charge >= 0.3 is 0 Å². The lowest BCUT2D eigenvalue weighted by Gasteiger charge is -2.20. The third-order valence-electron chi connectivity index (χ3n) is 5.31. The van der Waals surface area contributed by atoms with Crippen molar-refractivity contribution in [2.75, 3.05) is 10.8 Å². The maximum absolute atomic E-state index is 13.1. The molecule has 0 spiro atoms. The average Bonchev–Trinajstić information content (AvgIpc) is 3.18. The quantitative estimate of drug-likeness (QED) is 0.601. The SMILES string of the molecule is C[C@@H](NC(=O)c1ccc2c(c1)CCN2S(=O)(=O)c1ccc(Cl)cc1)c1ccc(F)cc1. The van der Waals surface area contributed by atoms with Crippen molar-refractivity contribution in [2.24, 2.45) is 0 Å². The second-order valence-corrected chi connectivity index (χ2v) is 9.67. The number of halogens is 2. The minimum absolute atomic E-state index is 0.166. The highest BCUT2D eigenvalue weighted by atomic mass is 35.5. The van der Waals surface area contributed by atoms with Crippen molar-refractivity contribution in [2.45, 2.75) is 24.3 Å². The summed E-state index contributed by atoms with van der Waals surface area (Å²) in [6.45, 7) is 2.12. The fourth-order valence-corrected chi connectivity index (χ4v) is 5.24. The van der Waals surface area contributed by atoms with Gasteiger partial charge in [0.1, 0.15) is 5.82 Å². The summed E-state index contributed by atoms with van der Waals surface area (Å²) in [7, 11) is -3.72. The summed E-state index contributed by atoms with van der Waals surface area (Å²) in [4.78, 5) is 12.9. The van der Waals surface area contributed by atoms with Gasteiger partial charge in [-0.05, 0) is 79.1 Å². The van der Waals surface area contributed by atoms with Gasteiger partial charge in [0, 0.05) is 17.1 Å². The molecule has 1 amide bonds. The van der Waals surface area contributed by atoms with Crippen molar-refractivity contribution in [3.8, 4) is 0 Å². The molecule has 0 saturated carbocycles.